The van der Waals surface area contributed by atoms with Gasteiger partial charge in [0, 0.05) is 0 Å². The van der Waals surface area contributed by atoms with E-state index in [1.807, 2.05) is 0 Å². The standard InChI is InChI=1S/C14H20BF3O3/c1-9-8-10(14(16,17)18)6-7-11(9)15(20)21-13(4,5)12(2,3)19/h6-8,19-20H,1-5H3. The lowest BCUT2D eigenvalue weighted by Gasteiger charge is -2.38. The van der Waals surface area contributed by atoms with Gasteiger partial charge in [0.25, 0.3) is 0 Å². The number of hydrogen-bond donors (Lipinski definition) is 2. The maximum Gasteiger partial charge on any atom is 0.491 e. The fourth-order valence-corrected chi connectivity index (χ4v) is 1.62. The van der Waals surface area contributed by atoms with Crippen LogP contribution in [-0.2, 0) is 10.8 Å². The van der Waals surface area contributed by atoms with Crippen molar-refractivity contribution in [3.8, 4) is 0 Å². The average molecular weight is 304 g/mol. The van der Waals surface area contributed by atoms with E-state index in [0.717, 1.165) is 12.1 Å². The quantitative estimate of drug-likeness (QED) is 0.839. The number of aryl methyl sites for hydroxylation is 1. The first-order chi connectivity index (χ1) is 9.25. The summed E-state index contributed by atoms with van der Waals surface area (Å²) in [6, 6.07) is 3.04. The Kier molecular flexibility index (Phi) is 4.82. The van der Waals surface area contributed by atoms with E-state index in [-0.39, 0.29) is 11.0 Å². The first-order valence-electron chi connectivity index (χ1n) is 6.52. The fourth-order valence-electron chi connectivity index (χ4n) is 1.62. The van der Waals surface area contributed by atoms with Crippen LogP contribution >= 0.6 is 0 Å². The molecule has 118 valence electrons. The minimum absolute atomic E-state index is 0.236. The summed E-state index contributed by atoms with van der Waals surface area (Å²) in [7, 11) is -1.42. The van der Waals surface area contributed by atoms with E-state index in [1.54, 1.807) is 13.8 Å². The summed E-state index contributed by atoms with van der Waals surface area (Å²) in [5, 5.41) is 20.1. The number of hydrogen-bond acceptors (Lipinski definition) is 3. The first kappa shape index (κ1) is 18.0. The molecule has 21 heavy (non-hydrogen) atoms. The molecule has 0 saturated heterocycles. The largest absolute Gasteiger partial charge is 0.491 e. The Morgan fingerprint density at radius 3 is 2.00 bits per heavy atom. The summed E-state index contributed by atoms with van der Waals surface area (Å²) in [5.41, 5.74) is -2.59. The van der Waals surface area contributed by atoms with Crippen LogP contribution in [0.25, 0.3) is 0 Å². The van der Waals surface area contributed by atoms with Crippen LogP contribution in [0.3, 0.4) is 0 Å². The van der Waals surface area contributed by atoms with Gasteiger partial charge in [0.2, 0.25) is 0 Å². The van der Waals surface area contributed by atoms with Crippen LogP contribution in [0.1, 0.15) is 38.8 Å². The zero-order valence-corrected chi connectivity index (χ0v) is 12.7. The van der Waals surface area contributed by atoms with Gasteiger partial charge in [0.05, 0.1) is 16.8 Å². The van der Waals surface area contributed by atoms with Gasteiger partial charge in [-0.25, -0.2) is 0 Å². The Balaban J connectivity index is 3.02. The molecule has 0 aliphatic carbocycles. The zero-order valence-electron chi connectivity index (χ0n) is 12.7. The van der Waals surface area contributed by atoms with Crippen LogP contribution in [0.15, 0.2) is 18.2 Å². The lowest BCUT2D eigenvalue weighted by atomic mass is 9.74. The third kappa shape index (κ3) is 4.21. The molecule has 0 aliphatic rings. The van der Waals surface area contributed by atoms with Gasteiger partial charge < -0.3 is 14.8 Å². The van der Waals surface area contributed by atoms with Crippen LogP contribution < -0.4 is 5.46 Å². The van der Waals surface area contributed by atoms with E-state index in [1.165, 1.54) is 26.8 Å². The molecule has 3 nitrogen and oxygen atoms in total. The molecular formula is C14H20BF3O3. The molecule has 2 N–H and O–H groups in total. The van der Waals surface area contributed by atoms with Gasteiger partial charge in [0.15, 0.2) is 0 Å². The maximum absolute atomic E-state index is 12.6. The number of halogens is 3. The van der Waals surface area contributed by atoms with Gasteiger partial charge in [0.1, 0.15) is 0 Å². The smallest absolute Gasteiger partial charge is 0.423 e. The average Bonchev–Trinajstić information content (AvgIpc) is 2.24. The van der Waals surface area contributed by atoms with Crippen LogP contribution in [0.2, 0.25) is 0 Å². The van der Waals surface area contributed by atoms with Crippen molar-refractivity contribution >= 4 is 12.6 Å². The molecule has 0 unspecified atom stereocenters. The second-order valence-electron chi connectivity index (χ2n) is 6.11. The second-order valence-corrected chi connectivity index (χ2v) is 6.11. The summed E-state index contributed by atoms with van der Waals surface area (Å²) in [4.78, 5) is 0. The van der Waals surface area contributed by atoms with Gasteiger partial charge in [-0.1, -0.05) is 17.7 Å². The van der Waals surface area contributed by atoms with Crippen LogP contribution in [0.4, 0.5) is 13.2 Å². The normalized spacial score (nSPS) is 13.4. The van der Waals surface area contributed by atoms with Crippen molar-refractivity contribution < 1.29 is 28.0 Å². The van der Waals surface area contributed by atoms with Crippen molar-refractivity contribution in [3.05, 3.63) is 29.3 Å². The van der Waals surface area contributed by atoms with Crippen molar-refractivity contribution in [1.82, 2.24) is 0 Å². The van der Waals surface area contributed by atoms with Gasteiger partial charge in [-0.2, -0.15) is 13.2 Å². The monoisotopic (exact) mass is 304 g/mol. The van der Waals surface area contributed by atoms with Crippen molar-refractivity contribution in [2.75, 3.05) is 0 Å². The number of rotatable bonds is 4. The molecule has 7 heteroatoms. The molecule has 0 aromatic heterocycles. The number of aliphatic hydroxyl groups is 1. The molecule has 0 saturated carbocycles. The number of alkyl halides is 3. The Hall–Kier alpha value is -1.05. The molecule has 1 aromatic carbocycles. The van der Waals surface area contributed by atoms with E-state index < -0.39 is 30.1 Å². The molecule has 0 atom stereocenters. The number of benzene rings is 1. The molecule has 0 amide bonds. The minimum atomic E-state index is -4.43. The highest BCUT2D eigenvalue weighted by Gasteiger charge is 2.40. The molecule has 0 radical (unpaired) electrons. The summed E-state index contributed by atoms with van der Waals surface area (Å²) in [6.45, 7) is 7.71. The van der Waals surface area contributed by atoms with Gasteiger partial charge in [-0.3, -0.25) is 0 Å². The fraction of sp³-hybridized carbons (Fsp3) is 0.571. The molecule has 0 spiro atoms. The summed E-state index contributed by atoms with van der Waals surface area (Å²) in [6.07, 6.45) is -4.43. The Morgan fingerprint density at radius 1 is 1.10 bits per heavy atom. The third-order valence-electron chi connectivity index (χ3n) is 3.74. The molecule has 0 fully saturated rings. The zero-order chi connectivity index (χ0) is 16.6. The highest BCUT2D eigenvalue weighted by molar-refractivity contribution is 6.60. The van der Waals surface area contributed by atoms with Gasteiger partial charge >= 0.3 is 13.3 Å². The predicted octanol–water partition coefficient (Wildman–Crippen LogP) is 2.27. The molecule has 1 rings (SSSR count). The van der Waals surface area contributed by atoms with Crippen LogP contribution in [0, 0.1) is 6.92 Å². The molecule has 0 heterocycles. The Labute approximate surface area is 122 Å². The highest BCUT2D eigenvalue weighted by Crippen LogP contribution is 2.29. The molecule has 1 aromatic rings. The highest BCUT2D eigenvalue weighted by atomic mass is 19.4. The lowest BCUT2D eigenvalue weighted by Crippen LogP contribution is -2.53. The molecule has 0 bridgehead atoms. The summed E-state index contributed by atoms with van der Waals surface area (Å²) < 4.78 is 43.2. The van der Waals surface area contributed by atoms with Crippen molar-refractivity contribution in [1.29, 1.82) is 0 Å². The molecule has 0 aliphatic heterocycles. The van der Waals surface area contributed by atoms with Crippen LogP contribution in [0.5, 0.6) is 0 Å². The Morgan fingerprint density at radius 2 is 1.62 bits per heavy atom. The second kappa shape index (κ2) is 5.63. The summed E-state index contributed by atoms with van der Waals surface area (Å²) >= 11 is 0. The topological polar surface area (TPSA) is 49.7 Å². The van der Waals surface area contributed by atoms with E-state index >= 15 is 0 Å². The van der Waals surface area contributed by atoms with Crippen molar-refractivity contribution in [3.63, 3.8) is 0 Å². The lowest BCUT2D eigenvalue weighted by molar-refractivity contribution is -0.137. The van der Waals surface area contributed by atoms with Gasteiger partial charge in [-0.05, 0) is 46.1 Å². The third-order valence-corrected chi connectivity index (χ3v) is 3.74. The Bertz CT molecular complexity index is 507. The minimum Gasteiger partial charge on any atom is -0.423 e. The van der Waals surface area contributed by atoms with Crippen LogP contribution in [-0.4, -0.2) is 28.5 Å². The van der Waals surface area contributed by atoms with Gasteiger partial charge in [-0.15, -0.1) is 0 Å². The van der Waals surface area contributed by atoms with E-state index in [9.17, 15) is 23.3 Å². The van der Waals surface area contributed by atoms with E-state index in [0.29, 0.717) is 0 Å². The predicted molar refractivity (Wildman–Crippen MR) is 75.2 cm³/mol. The van der Waals surface area contributed by atoms with Crippen molar-refractivity contribution in [2.24, 2.45) is 0 Å². The first-order valence-corrected chi connectivity index (χ1v) is 6.52. The van der Waals surface area contributed by atoms with Crippen molar-refractivity contribution in [2.45, 2.75) is 52.0 Å². The molecular weight excluding hydrogens is 284 g/mol. The summed E-state index contributed by atoms with van der Waals surface area (Å²) in [5.74, 6) is 0. The van der Waals surface area contributed by atoms with E-state index in [2.05, 4.69) is 0 Å². The van der Waals surface area contributed by atoms with E-state index in [4.69, 9.17) is 4.65 Å². The SMILES string of the molecule is Cc1cc(C(F)(F)F)ccc1B(O)OC(C)(C)C(C)(C)O. The maximum atomic E-state index is 12.6.